The molecule has 1 N–H and O–H groups in total. The first-order valence-electron chi connectivity index (χ1n) is 6.73. The maximum Gasteiger partial charge on any atom is 0.335 e. The summed E-state index contributed by atoms with van der Waals surface area (Å²) in [6.45, 7) is 4.39. The van der Waals surface area contributed by atoms with Crippen molar-refractivity contribution in [2.24, 2.45) is 5.10 Å². The van der Waals surface area contributed by atoms with Gasteiger partial charge in [-0.25, -0.2) is 4.79 Å². The van der Waals surface area contributed by atoms with Crippen LogP contribution in [0.25, 0.3) is 0 Å². The third-order valence-electron chi connectivity index (χ3n) is 3.64. The van der Waals surface area contributed by atoms with Crippen molar-refractivity contribution in [2.75, 3.05) is 0 Å². The standard InChI is InChI=1S/C15H20N2O2/c1-11-4-3-5-12(2)17(11)16-10-13-6-8-14(9-7-13)15(18)19/h6-12H,3-5H2,1-2H3,(H,18,19). The van der Waals surface area contributed by atoms with Gasteiger partial charge in [-0.1, -0.05) is 12.1 Å². The molecule has 102 valence electrons. The SMILES string of the molecule is CC1CCCC(C)N1N=Cc1ccc(C(=O)O)cc1. The number of rotatable bonds is 3. The molecule has 0 saturated carbocycles. The van der Waals surface area contributed by atoms with E-state index >= 15 is 0 Å². The zero-order valence-corrected chi connectivity index (χ0v) is 11.4. The van der Waals surface area contributed by atoms with E-state index in [0.717, 1.165) is 5.56 Å². The van der Waals surface area contributed by atoms with Crippen LogP contribution in [0.15, 0.2) is 29.4 Å². The molecular weight excluding hydrogens is 240 g/mol. The monoisotopic (exact) mass is 260 g/mol. The number of benzene rings is 1. The lowest BCUT2D eigenvalue weighted by molar-refractivity contribution is 0.0697. The summed E-state index contributed by atoms with van der Waals surface area (Å²) in [5.74, 6) is -0.901. The van der Waals surface area contributed by atoms with Gasteiger partial charge in [0.15, 0.2) is 0 Å². The van der Waals surface area contributed by atoms with Gasteiger partial charge in [-0.3, -0.25) is 5.01 Å². The van der Waals surface area contributed by atoms with Gasteiger partial charge in [-0.2, -0.15) is 5.10 Å². The van der Waals surface area contributed by atoms with Gasteiger partial charge in [0.05, 0.1) is 11.8 Å². The highest BCUT2D eigenvalue weighted by molar-refractivity contribution is 5.89. The fourth-order valence-corrected chi connectivity index (χ4v) is 2.48. The van der Waals surface area contributed by atoms with Crippen molar-refractivity contribution in [3.63, 3.8) is 0 Å². The van der Waals surface area contributed by atoms with E-state index in [1.807, 2.05) is 6.21 Å². The van der Waals surface area contributed by atoms with Crippen molar-refractivity contribution in [3.8, 4) is 0 Å². The van der Waals surface area contributed by atoms with Gasteiger partial charge in [0.1, 0.15) is 0 Å². The number of hydrazone groups is 1. The molecule has 1 aliphatic heterocycles. The summed E-state index contributed by atoms with van der Waals surface area (Å²) in [6, 6.07) is 7.72. The summed E-state index contributed by atoms with van der Waals surface area (Å²) in [7, 11) is 0. The normalized spacial score (nSPS) is 23.8. The quantitative estimate of drug-likeness (QED) is 0.850. The molecule has 0 radical (unpaired) electrons. The fourth-order valence-electron chi connectivity index (χ4n) is 2.48. The molecule has 1 heterocycles. The molecule has 4 nitrogen and oxygen atoms in total. The molecule has 1 fully saturated rings. The molecule has 1 aromatic carbocycles. The van der Waals surface area contributed by atoms with Gasteiger partial charge in [0.2, 0.25) is 0 Å². The van der Waals surface area contributed by atoms with Crippen LogP contribution in [0, 0.1) is 0 Å². The van der Waals surface area contributed by atoms with Crippen LogP contribution in [0.5, 0.6) is 0 Å². The minimum atomic E-state index is -0.901. The van der Waals surface area contributed by atoms with Gasteiger partial charge in [-0.15, -0.1) is 0 Å². The highest BCUT2D eigenvalue weighted by atomic mass is 16.4. The molecule has 4 heteroatoms. The first-order chi connectivity index (χ1) is 9.08. The van der Waals surface area contributed by atoms with Crippen LogP contribution in [0.4, 0.5) is 0 Å². The maximum absolute atomic E-state index is 10.8. The molecule has 2 unspecified atom stereocenters. The Bertz CT molecular complexity index is 458. The average molecular weight is 260 g/mol. The molecule has 2 atom stereocenters. The number of piperidine rings is 1. The van der Waals surface area contributed by atoms with Crippen molar-refractivity contribution in [1.29, 1.82) is 0 Å². The van der Waals surface area contributed by atoms with Gasteiger partial charge in [0.25, 0.3) is 0 Å². The Morgan fingerprint density at radius 3 is 2.37 bits per heavy atom. The van der Waals surface area contributed by atoms with E-state index < -0.39 is 5.97 Å². The molecule has 19 heavy (non-hydrogen) atoms. The van der Waals surface area contributed by atoms with E-state index in [1.54, 1.807) is 24.3 Å². The van der Waals surface area contributed by atoms with Crippen LogP contribution in [0.3, 0.4) is 0 Å². The zero-order valence-electron chi connectivity index (χ0n) is 11.4. The molecule has 2 rings (SSSR count). The maximum atomic E-state index is 10.8. The third-order valence-corrected chi connectivity index (χ3v) is 3.64. The molecule has 0 bridgehead atoms. The zero-order chi connectivity index (χ0) is 13.8. The summed E-state index contributed by atoms with van der Waals surface area (Å²) in [5.41, 5.74) is 1.23. The molecule has 0 spiro atoms. The summed E-state index contributed by atoms with van der Waals surface area (Å²) in [5, 5.41) is 15.5. The molecule has 0 aliphatic carbocycles. The van der Waals surface area contributed by atoms with Gasteiger partial charge >= 0.3 is 5.97 Å². The number of carbonyl (C=O) groups is 1. The number of nitrogens with zero attached hydrogens (tertiary/aromatic N) is 2. The van der Waals surface area contributed by atoms with Crippen molar-refractivity contribution < 1.29 is 9.90 Å². The molecular formula is C15H20N2O2. The molecule has 0 aromatic heterocycles. The largest absolute Gasteiger partial charge is 0.478 e. The number of hydrogen-bond acceptors (Lipinski definition) is 3. The smallest absolute Gasteiger partial charge is 0.335 e. The average Bonchev–Trinajstić information content (AvgIpc) is 2.38. The topological polar surface area (TPSA) is 52.9 Å². The Hall–Kier alpha value is -1.84. The van der Waals surface area contributed by atoms with Crippen molar-refractivity contribution in [3.05, 3.63) is 35.4 Å². The van der Waals surface area contributed by atoms with Crippen LogP contribution in [-0.2, 0) is 0 Å². The number of carboxylic acids is 1. The molecule has 1 aromatic rings. The molecule has 0 amide bonds. The predicted octanol–water partition coefficient (Wildman–Crippen LogP) is 2.98. The Balaban J connectivity index is 2.07. The lowest BCUT2D eigenvalue weighted by atomic mass is 10.00. The van der Waals surface area contributed by atoms with E-state index in [9.17, 15) is 4.79 Å². The second-order valence-electron chi connectivity index (χ2n) is 5.18. The van der Waals surface area contributed by atoms with Crippen LogP contribution in [0.1, 0.15) is 49.0 Å². The van der Waals surface area contributed by atoms with Crippen molar-refractivity contribution in [1.82, 2.24) is 5.01 Å². The Labute approximate surface area is 113 Å². The Kier molecular flexibility index (Phi) is 4.20. The van der Waals surface area contributed by atoms with E-state index in [0.29, 0.717) is 17.6 Å². The van der Waals surface area contributed by atoms with E-state index in [-0.39, 0.29) is 0 Å². The molecule has 1 saturated heterocycles. The summed E-state index contributed by atoms with van der Waals surface area (Å²) < 4.78 is 0. The molecule has 1 aliphatic rings. The van der Waals surface area contributed by atoms with Crippen molar-refractivity contribution >= 4 is 12.2 Å². The lowest BCUT2D eigenvalue weighted by Gasteiger charge is -2.36. The van der Waals surface area contributed by atoms with Crippen LogP contribution in [0.2, 0.25) is 0 Å². The van der Waals surface area contributed by atoms with Gasteiger partial charge < -0.3 is 5.11 Å². The van der Waals surface area contributed by atoms with E-state index in [1.165, 1.54) is 19.3 Å². The third kappa shape index (κ3) is 3.34. The van der Waals surface area contributed by atoms with Gasteiger partial charge in [0, 0.05) is 12.1 Å². The number of carboxylic acid groups (broad SMARTS) is 1. The van der Waals surface area contributed by atoms with Crippen LogP contribution >= 0.6 is 0 Å². The van der Waals surface area contributed by atoms with Crippen LogP contribution in [-0.4, -0.2) is 34.4 Å². The minimum absolute atomic E-state index is 0.303. The Morgan fingerprint density at radius 2 is 1.84 bits per heavy atom. The first-order valence-corrected chi connectivity index (χ1v) is 6.73. The second-order valence-corrected chi connectivity index (χ2v) is 5.18. The fraction of sp³-hybridized carbons (Fsp3) is 0.467. The van der Waals surface area contributed by atoms with Crippen molar-refractivity contribution in [2.45, 2.75) is 45.2 Å². The summed E-state index contributed by atoms with van der Waals surface area (Å²) in [6.07, 6.45) is 5.44. The minimum Gasteiger partial charge on any atom is -0.478 e. The Morgan fingerprint density at radius 1 is 1.26 bits per heavy atom. The first kappa shape index (κ1) is 13.6. The number of hydrogen-bond donors (Lipinski definition) is 1. The van der Waals surface area contributed by atoms with E-state index in [4.69, 9.17) is 5.11 Å². The summed E-state index contributed by atoms with van der Waals surface area (Å²) >= 11 is 0. The lowest BCUT2D eigenvalue weighted by Crippen LogP contribution is -2.39. The predicted molar refractivity (Wildman–Crippen MR) is 75.6 cm³/mol. The number of aromatic carboxylic acids is 1. The van der Waals surface area contributed by atoms with Gasteiger partial charge in [-0.05, 0) is 50.8 Å². The highest BCUT2D eigenvalue weighted by Crippen LogP contribution is 2.22. The highest BCUT2D eigenvalue weighted by Gasteiger charge is 2.22. The summed E-state index contributed by atoms with van der Waals surface area (Å²) in [4.78, 5) is 10.8. The second kappa shape index (κ2) is 5.87. The van der Waals surface area contributed by atoms with E-state index in [2.05, 4.69) is 24.0 Å². The van der Waals surface area contributed by atoms with Crippen LogP contribution < -0.4 is 0 Å².